The molecule has 2 fully saturated rings. The normalized spacial score (nSPS) is 26.0. The number of hydrogen-bond donors (Lipinski definition) is 0. The minimum atomic E-state index is -0.443. The zero-order chi connectivity index (χ0) is 17.5. The first-order valence-electron chi connectivity index (χ1n) is 9.01. The first-order chi connectivity index (χ1) is 11.2. The van der Waals surface area contributed by atoms with Crippen molar-refractivity contribution in [3.8, 4) is 0 Å². The highest BCUT2D eigenvalue weighted by molar-refractivity contribution is 5.69. The molecule has 132 valence electrons. The Labute approximate surface area is 144 Å². The lowest BCUT2D eigenvalue weighted by atomic mass is 9.97. The SMILES string of the molecule is Cc1ncc(CC[C@@H]2C[C@H]3C[C@H]3CN2C(=O)OC(C)(C)C)nc1C. The maximum absolute atomic E-state index is 12.6. The number of aromatic nitrogens is 2. The van der Waals surface area contributed by atoms with Gasteiger partial charge in [0, 0.05) is 18.8 Å². The minimum Gasteiger partial charge on any atom is -0.444 e. The van der Waals surface area contributed by atoms with E-state index < -0.39 is 5.60 Å². The van der Waals surface area contributed by atoms with Crippen LogP contribution in [0.15, 0.2) is 6.20 Å². The summed E-state index contributed by atoms with van der Waals surface area (Å²) >= 11 is 0. The van der Waals surface area contributed by atoms with Crippen LogP contribution >= 0.6 is 0 Å². The molecule has 1 aliphatic carbocycles. The van der Waals surface area contributed by atoms with Gasteiger partial charge in [-0.2, -0.15) is 0 Å². The summed E-state index contributed by atoms with van der Waals surface area (Å²) in [6.07, 6.45) is 5.85. The molecular weight excluding hydrogens is 302 g/mol. The Morgan fingerprint density at radius 3 is 2.67 bits per heavy atom. The number of carbonyl (C=O) groups is 1. The van der Waals surface area contributed by atoms with E-state index >= 15 is 0 Å². The maximum atomic E-state index is 12.6. The molecule has 1 aromatic heterocycles. The molecule has 24 heavy (non-hydrogen) atoms. The van der Waals surface area contributed by atoms with Crippen LogP contribution in [0.2, 0.25) is 0 Å². The van der Waals surface area contributed by atoms with Crippen molar-refractivity contribution in [1.29, 1.82) is 0 Å². The summed E-state index contributed by atoms with van der Waals surface area (Å²) in [5.74, 6) is 1.50. The number of carbonyl (C=O) groups excluding carboxylic acids is 1. The number of likely N-dealkylation sites (tertiary alicyclic amines) is 1. The topological polar surface area (TPSA) is 55.3 Å². The Morgan fingerprint density at radius 2 is 2.00 bits per heavy atom. The Balaban J connectivity index is 1.64. The lowest BCUT2D eigenvalue weighted by Crippen LogP contribution is -2.47. The second kappa shape index (κ2) is 6.34. The molecule has 0 aromatic carbocycles. The molecule has 5 heteroatoms. The van der Waals surface area contributed by atoms with Crippen molar-refractivity contribution in [2.24, 2.45) is 11.8 Å². The quantitative estimate of drug-likeness (QED) is 0.848. The number of ether oxygens (including phenoxy) is 1. The van der Waals surface area contributed by atoms with Gasteiger partial charge in [0.05, 0.1) is 17.1 Å². The lowest BCUT2D eigenvalue weighted by Gasteiger charge is -2.36. The summed E-state index contributed by atoms with van der Waals surface area (Å²) in [5, 5.41) is 0. The highest BCUT2D eigenvalue weighted by Crippen LogP contribution is 2.48. The van der Waals surface area contributed by atoms with Crippen LogP contribution in [-0.4, -0.2) is 39.1 Å². The number of amides is 1. The second-order valence-electron chi connectivity index (χ2n) is 8.35. The highest BCUT2D eigenvalue weighted by Gasteiger charge is 2.47. The van der Waals surface area contributed by atoms with Gasteiger partial charge in [0.2, 0.25) is 0 Å². The van der Waals surface area contributed by atoms with E-state index in [0.717, 1.165) is 48.8 Å². The number of hydrogen-bond acceptors (Lipinski definition) is 4. The van der Waals surface area contributed by atoms with Crippen molar-refractivity contribution in [2.75, 3.05) is 6.54 Å². The molecule has 0 N–H and O–H groups in total. The fourth-order valence-corrected chi connectivity index (χ4v) is 3.54. The lowest BCUT2D eigenvalue weighted by molar-refractivity contribution is 0.00766. The first kappa shape index (κ1) is 17.2. The summed E-state index contributed by atoms with van der Waals surface area (Å²) in [5.41, 5.74) is 2.54. The molecule has 3 atom stereocenters. The predicted octanol–water partition coefficient (Wildman–Crippen LogP) is 3.67. The van der Waals surface area contributed by atoms with Gasteiger partial charge in [-0.05, 0) is 72.1 Å². The van der Waals surface area contributed by atoms with Gasteiger partial charge in [0.1, 0.15) is 5.60 Å². The number of piperidine rings is 1. The summed E-state index contributed by atoms with van der Waals surface area (Å²) in [7, 11) is 0. The van der Waals surface area contributed by atoms with E-state index in [0.29, 0.717) is 5.92 Å². The van der Waals surface area contributed by atoms with E-state index in [-0.39, 0.29) is 12.1 Å². The van der Waals surface area contributed by atoms with Gasteiger partial charge in [-0.1, -0.05) is 0 Å². The summed E-state index contributed by atoms with van der Waals surface area (Å²) < 4.78 is 5.62. The monoisotopic (exact) mass is 331 g/mol. The molecule has 0 unspecified atom stereocenters. The zero-order valence-corrected chi connectivity index (χ0v) is 15.5. The van der Waals surface area contributed by atoms with Gasteiger partial charge in [-0.15, -0.1) is 0 Å². The molecule has 1 aliphatic heterocycles. The van der Waals surface area contributed by atoms with Crippen LogP contribution in [0.5, 0.6) is 0 Å². The van der Waals surface area contributed by atoms with Crippen molar-refractivity contribution in [3.63, 3.8) is 0 Å². The Bertz CT molecular complexity index is 624. The van der Waals surface area contributed by atoms with Gasteiger partial charge in [0.15, 0.2) is 0 Å². The van der Waals surface area contributed by atoms with Crippen LogP contribution < -0.4 is 0 Å². The van der Waals surface area contributed by atoms with Gasteiger partial charge in [0.25, 0.3) is 0 Å². The number of nitrogens with zero attached hydrogens (tertiary/aromatic N) is 3. The van der Waals surface area contributed by atoms with Gasteiger partial charge in [-0.3, -0.25) is 9.97 Å². The Morgan fingerprint density at radius 1 is 1.25 bits per heavy atom. The van der Waals surface area contributed by atoms with E-state index in [2.05, 4.69) is 9.97 Å². The number of aryl methyl sites for hydroxylation is 3. The van der Waals surface area contributed by atoms with Gasteiger partial charge in [-0.25, -0.2) is 4.79 Å². The van der Waals surface area contributed by atoms with Crippen molar-refractivity contribution >= 4 is 6.09 Å². The average Bonchev–Trinajstić information content (AvgIpc) is 3.24. The molecule has 3 rings (SSSR count). The predicted molar refractivity (Wildman–Crippen MR) is 92.8 cm³/mol. The van der Waals surface area contributed by atoms with E-state index in [1.54, 1.807) is 0 Å². The first-order valence-corrected chi connectivity index (χ1v) is 9.01. The van der Waals surface area contributed by atoms with Gasteiger partial charge < -0.3 is 9.64 Å². The molecule has 0 spiro atoms. The molecule has 2 heterocycles. The van der Waals surface area contributed by atoms with Crippen LogP contribution in [0.1, 0.15) is 57.1 Å². The van der Waals surface area contributed by atoms with Crippen LogP contribution in [0.3, 0.4) is 0 Å². The van der Waals surface area contributed by atoms with E-state index in [1.807, 2.05) is 45.7 Å². The molecule has 5 nitrogen and oxygen atoms in total. The summed E-state index contributed by atoms with van der Waals surface area (Å²) in [6, 6.07) is 0.256. The molecule has 1 aromatic rings. The zero-order valence-electron chi connectivity index (χ0n) is 15.5. The molecule has 1 saturated carbocycles. The van der Waals surface area contributed by atoms with Crippen LogP contribution in [0.4, 0.5) is 4.79 Å². The molecule has 0 radical (unpaired) electrons. The second-order valence-corrected chi connectivity index (χ2v) is 8.35. The molecule has 2 aliphatic rings. The standard InChI is InChI=1S/C19H29N3O2/c1-12-13(2)21-16(10-20-12)6-7-17-9-14-8-15(14)11-22(17)18(23)24-19(3,4)5/h10,14-15,17H,6-9,11H2,1-5H3/t14-,15+,17-/m1/s1. The van der Waals surface area contributed by atoms with Crippen LogP contribution in [0, 0.1) is 25.7 Å². The average molecular weight is 331 g/mol. The summed E-state index contributed by atoms with van der Waals surface area (Å²) in [4.78, 5) is 23.6. The third-order valence-electron chi connectivity index (χ3n) is 5.12. The van der Waals surface area contributed by atoms with E-state index in [1.165, 1.54) is 6.42 Å². The summed E-state index contributed by atoms with van der Waals surface area (Å²) in [6.45, 7) is 10.6. The number of rotatable bonds is 3. The van der Waals surface area contributed by atoms with E-state index in [9.17, 15) is 4.79 Å². The largest absolute Gasteiger partial charge is 0.444 e. The Kier molecular flexibility index (Phi) is 4.54. The molecule has 0 bridgehead atoms. The minimum absolute atomic E-state index is 0.163. The molecule has 1 saturated heterocycles. The smallest absolute Gasteiger partial charge is 0.410 e. The van der Waals surface area contributed by atoms with E-state index in [4.69, 9.17) is 4.74 Å². The van der Waals surface area contributed by atoms with Crippen molar-refractivity contribution in [3.05, 3.63) is 23.3 Å². The molecule has 1 amide bonds. The third-order valence-corrected chi connectivity index (χ3v) is 5.12. The fourth-order valence-electron chi connectivity index (χ4n) is 3.54. The van der Waals surface area contributed by atoms with Crippen molar-refractivity contribution < 1.29 is 9.53 Å². The van der Waals surface area contributed by atoms with Crippen molar-refractivity contribution in [1.82, 2.24) is 14.9 Å². The Hall–Kier alpha value is -1.65. The van der Waals surface area contributed by atoms with Crippen LogP contribution in [0.25, 0.3) is 0 Å². The van der Waals surface area contributed by atoms with Crippen LogP contribution in [-0.2, 0) is 11.2 Å². The highest BCUT2D eigenvalue weighted by atomic mass is 16.6. The van der Waals surface area contributed by atoms with Gasteiger partial charge >= 0.3 is 6.09 Å². The number of fused-ring (bicyclic) bond motifs is 1. The third kappa shape index (κ3) is 4.05. The van der Waals surface area contributed by atoms with Crippen molar-refractivity contribution in [2.45, 2.75) is 71.9 Å². The molecular formula is C19H29N3O2. The maximum Gasteiger partial charge on any atom is 0.410 e. The fraction of sp³-hybridized carbons (Fsp3) is 0.737.